The summed E-state index contributed by atoms with van der Waals surface area (Å²) in [5.41, 5.74) is 24.6. The van der Waals surface area contributed by atoms with Gasteiger partial charge in [-0.25, -0.2) is 19.9 Å². The van der Waals surface area contributed by atoms with Gasteiger partial charge in [-0.15, -0.1) is 100 Å². The monoisotopic (exact) mass is 1310 g/mol. The Morgan fingerprint density at radius 1 is 0.473 bits per heavy atom. The van der Waals surface area contributed by atoms with Crippen molar-refractivity contribution in [1.82, 2.24) is 29.1 Å². The average molecular weight is 1310 g/mol. The number of thiazole rings is 4. The van der Waals surface area contributed by atoms with E-state index in [9.17, 15) is 0 Å². The zero-order valence-corrected chi connectivity index (χ0v) is 54.7. The number of allylic oxidation sites excluding steroid dienone is 12. The molecule has 0 N–H and O–H groups in total. The summed E-state index contributed by atoms with van der Waals surface area (Å²) in [5.74, 6) is 0. The molecule has 6 nitrogen and oxygen atoms in total. The van der Waals surface area contributed by atoms with Gasteiger partial charge in [0.15, 0.2) is 0 Å². The van der Waals surface area contributed by atoms with Crippen molar-refractivity contribution in [3.63, 3.8) is 0 Å². The molecule has 0 radical (unpaired) electrons. The fraction of sp³-hybridized carbons (Fsp3) is 0.0260. The number of aromatic nitrogens is 6. The Morgan fingerprint density at radius 3 is 1.62 bits per heavy atom. The quantitative estimate of drug-likeness (QED) is 0.114. The summed E-state index contributed by atoms with van der Waals surface area (Å²) in [4.78, 5) is 32.0. The lowest BCUT2D eigenvalue weighted by Gasteiger charge is -2.45. The molecule has 3 unspecified atom stereocenters. The Hall–Kier alpha value is -8.94. The molecule has 3 aliphatic carbocycles. The normalized spacial score (nSPS) is 20.6. The average Bonchev–Trinajstić information content (AvgIpc) is 1.58. The molecule has 6 aromatic heterocycles. The summed E-state index contributed by atoms with van der Waals surface area (Å²) in [5, 5.41) is 12.5. The third-order valence-corrected chi connectivity index (χ3v) is 31.0. The third-order valence-electron chi connectivity index (χ3n) is 17.2. The van der Waals surface area contributed by atoms with Crippen LogP contribution in [-0.2, 0) is 0 Å². The number of hydrogen-bond donors (Lipinski definition) is 0. The minimum atomic E-state index is -2.14. The molecule has 14 heteroatoms. The lowest BCUT2D eigenvalue weighted by molar-refractivity contribution is 1.08. The molecule has 0 saturated heterocycles. The molecule has 5 aromatic carbocycles. The predicted molar refractivity (Wildman–Crippen MR) is 386 cm³/mol. The highest BCUT2D eigenvalue weighted by molar-refractivity contribution is 8.43. The van der Waals surface area contributed by atoms with E-state index in [4.69, 9.17) is 19.9 Å². The number of benzene rings is 5. The van der Waals surface area contributed by atoms with Crippen LogP contribution in [0.1, 0.15) is 5.56 Å². The number of fused-ring (bicyclic) bond motifs is 5. The van der Waals surface area contributed by atoms with Crippen molar-refractivity contribution < 1.29 is 0 Å². The van der Waals surface area contributed by atoms with Crippen LogP contribution in [0.3, 0.4) is 0 Å². The summed E-state index contributed by atoms with van der Waals surface area (Å²) in [6.45, 7) is 0. The van der Waals surface area contributed by atoms with E-state index in [2.05, 4.69) is 262 Å². The summed E-state index contributed by atoms with van der Waals surface area (Å²) in [7, 11) is -4.05. The second-order valence-corrected chi connectivity index (χ2v) is 34.2. The van der Waals surface area contributed by atoms with E-state index in [1.54, 1.807) is 45.3 Å². The van der Waals surface area contributed by atoms with Gasteiger partial charge in [-0.2, -0.15) is 0 Å². The van der Waals surface area contributed by atoms with Crippen LogP contribution in [0.25, 0.3) is 70.2 Å². The maximum Gasteiger partial charge on any atom is 0.140 e. The second kappa shape index (κ2) is 22.5. The minimum Gasteiger partial charge on any atom is -0.305 e. The molecule has 0 spiro atoms. The molecular formula is C77H48N6S8. The molecule has 434 valence electrons. The van der Waals surface area contributed by atoms with Crippen LogP contribution in [0, 0.1) is 0 Å². The third kappa shape index (κ3) is 8.87. The highest BCUT2D eigenvalue weighted by atomic mass is 32.3. The van der Waals surface area contributed by atoms with Crippen LogP contribution in [0.2, 0.25) is 0 Å². The molecule has 0 amide bonds. The number of rotatable bonds is 12. The van der Waals surface area contributed by atoms with E-state index in [0.29, 0.717) is 0 Å². The van der Waals surface area contributed by atoms with Gasteiger partial charge in [0.25, 0.3) is 0 Å². The Kier molecular flexibility index (Phi) is 13.6. The zero-order valence-electron chi connectivity index (χ0n) is 48.2. The van der Waals surface area contributed by atoms with Crippen LogP contribution >= 0.6 is 88.9 Å². The number of thioether (sulfide) groups is 2. The predicted octanol–water partition coefficient (Wildman–Crippen LogP) is 22.0. The Balaban J connectivity index is 0.730. The second-order valence-electron chi connectivity index (χ2n) is 22.1. The number of nitrogens with zero attached hydrogens (tertiary/aromatic N) is 6. The maximum absolute atomic E-state index is 4.82. The van der Waals surface area contributed by atoms with Gasteiger partial charge in [0.2, 0.25) is 0 Å². The van der Waals surface area contributed by atoms with Gasteiger partial charge in [0.1, 0.15) is 20.0 Å². The van der Waals surface area contributed by atoms with E-state index in [1.165, 1.54) is 60.8 Å². The van der Waals surface area contributed by atoms with Crippen molar-refractivity contribution in [2.45, 2.75) is 35.0 Å². The first-order chi connectivity index (χ1) is 45.1. The first-order valence-electron chi connectivity index (χ1n) is 29.6. The fourth-order valence-corrected chi connectivity index (χ4v) is 27.0. The molecule has 7 aliphatic rings. The van der Waals surface area contributed by atoms with Crippen molar-refractivity contribution in [2.24, 2.45) is 0 Å². The first-order valence-corrected chi connectivity index (χ1v) is 38.2. The topological polar surface area (TPSA) is 61.4 Å². The van der Waals surface area contributed by atoms with E-state index in [1.807, 2.05) is 65.1 Å². The molecule has 3 atom stereocenters. The largest absolute Gasteiger partial charge is 0.305 e. The summed E-state index contributed by atoms with van der Waals surface area (Å²) < 4.78 is 4.68. The number of hydrogen-bond acceptors (Lipinski definition) is 10. The lowest BCUT2D eigenvalue weighted by atomic mass is 10.0. The first kappa shape index (κ1) is 54.9. The Labute approximate surface area is 554 Å². The van der Waals surface area contributed by atoms with Crippen molar-refractivity contribution in [3.05, 3.63) is 336 Å². The SMILES string of the molecule is C1=CC=CC(S2(c3ccccc3)C3=C=C(C=C(n4c(-c5nccs5)ccc4-c4nccs4)C=C3)C3=C2C=CC(C2=CC4SC(c5ccc6c(c5)-c5cc(-n7c(-c8nccs8)ccc7-c7nccs7)ccc5S6(c5ccccc5)c5ccccc5)=CC4S2)=C=C3)=CC=1. The van der Waals surface area contributed by atoms with E-state index >= 15 is 0 Å². The summed E-state index contributed by atoms with van der Waals surface area (Å²) in [6, 6.07) is 56.8. The zero-order chi connectivity index (χ0) is 60.0. The summed E-state index contributed by atoms with van der Waals surface area (Å²) >= 11 is 10.5. The van der Waals surface area contributed by atoms with Crippen LogP contribution in [-0.4, -0.2) is 39.6 Å². The van der Waals surface area contributed by atoms with Gasteiger partial charge >= 0.3 is 0 Å². The molecule has 4 aliphatic heterocycles. The van der Waals surface area contributed by atoms with Gasteiger partial charge in [-0.1, -0.05) is 84.6 Å². The van der Waals surface area contributed by atoms with Gasteiger partial charge < -0.3 is 9.13 Å². The molecule has 10 heterocycles. The van der Waals surface area contributed by atoms with E-state index < -0.39 is 20.1 Å². The maximum atomic E-state index is 4.82. The Morgan fingerprint density at radius 2 is 1.02 bits per heavy atom. The Bertz CT molecular complexity index is 5130. The fourth-order valence-electron chi connectivity index (χ4n) is 13.4. The molecular weight excluding hydrogens is 1270 g/mol. The molecule has 2 bridgehead atoms. The van der Waals surface area contributed by atoms with Crippen molar-refractivity contribution in [1.29, 1.82) is 0 Å². The van der Waals surface area contributed by atoms with Gasteiger partial charge in [-0.3, -0.25) is 0 Å². The van der Waals surface area contributed by atoms with E-state index in [-0.39, 0.29) is 10.5 Å². The molecule has 91 heavy (non-hydrogen) atoms. The smallest absolute Gasteiger partial charge is 0.140 e. The lowest BCUT2D eigenvalue weighted by Crippen LogP contribution is -2.12. The molecule has 11 aromatic rings. The van der Waals surface area contributed by atoms with Crippen molar-refractivity contribution in [3.8, 4) is 59.6 Å². The van der Waals surface area contributed by atoms with Gasteiger partial charge in [0.05, 0.1) is 22.8 Å². The van der Waals surface area contributed by atoms with Crippen LogP contribution < -0.4 is 0 Å². The van der Waals surface area contributed by atoms with Crippen LogP contribution in [0.5, 0.6) is 0 Å². The highest BCUT2D eigenvalue weighted by Gasteiger charge is 2.45. The van der Waals surface area contributed by atoms with Crippen LogP contribution in [0.15, 0.2) is 355 Å². The van der Waals surface area contributed by atoms with Crippen molar-refractivity contribution >= 4 is 99.5 Å². The van der Waals surface area contributed by atoms with E-state index in [0.717, 1.165) is 75.8 Å². The molecule has 18 rings (SSSR count). The van der Waals surface area contributed by atoms with Crippen LogP contribution in [0.4, 0.5) is 0 Å². The standard InChI is InChI=1S/C77H48N6S8/c1-2-7-15-55(14-6-1)90(56-16-8-3-9-17-56)59-27-25-53(82-63(74-78-36-40-84-74)29-30-64(82)75-79-37-41-85-75)44-52(45-59)60-28-22-50(23-33-71(60)90)67-48-69-70(88-67)49-68(89-69)51-24-34-72-61(46-51)62-47-54(83-65(76-80-38-42-86-76)31-32-66(83)77-81-39-43-87-77)26-35-73(62)91(72,57-18-10-4-11-19-57)58-20-12-5-13-21-58/h1,3-21,23-44,46-49,69-70H. The minimum absolute atomic E-state index is 0.247. The van der Waals surface area contributed by atoms with Gasteiger partial charge in [-0.05, 0) is 168 Å². The molecule has 0 fully saturated rings. The van der Waals surface area contributed by atoms with Crippen molar-refractivity contribution in [2.75, 3.05) is 0 Å². The summed E-state index contributed by atoms with van der Waals surface area (Å²) in [6.07, 6.45) is 37.2. The highest BCUT2D eigenvalue weighted by Crippen LogP contribution is 2.81. The van der Waals surface area contributed by atoms with Gasteiger partial charge in [0, 0.05) is 134 Å². The molecule has 0 saturated carbocycles.